The number of nitrogens with two attached hydrogens (primary N) is 1. The van der Waals surface area contributed by atoms with Gasteiger partial charge in [-0.25, -0.2) is 4.39 Å². The third-order valence-electron chi connectivity index (χ3n) is 5.61. The zero-order valence-corrected chi connectivity index (χ0v) is 19.1. The molecule has 0 bridgehead atoms. The molecule has 1 heterocycles. The molecule has 0 unspecified atom stereocenters. The summed E-state index contributed by atoms with van der Waals surface area (Å²) >= 11 is 0. The van der Waals surface area contributed by atoms with Crippen molar-refractivity contribution < 1.29 is 22.4 Å². The van der Waals surface area contributed by atoms with E-state index in [2.05, 4.69) is 15.6 Å². The quantitative estimate of drug-likeness (QED) is 0.249. The number of carbonyl (C=O) groups excluding carboxylic acids is 1. The largest absolute Gasteiger partial charge is 0.416 e. The minimum absolute atomic E-state index is 0.151. The molecule has 10 heteroatoms. The monoisotopic (exact) mass is 497 g/mol. The Bertz CT molecular complexity index is 1330. The first-order valence-electron chi connectivity index (χ1n) is 11.2. The van der Waals surface area contributed by atoms with Crippen LogP contribution in [0.3, 0.4) is 0 Å². The van der Waals surface area contributed by atoms with Gasteiger partial charge in [-0.2, -0.15) is 13.2 Å². The van der Waals surface area contributed by atoms with Crippen LogP contribution in [0.2, 0.25) is 0 Å². The molecule has 6 nitrogen and oxygen atoms in total. The molecular formula is C26H23F4N5O. The van der Waals surface area contributed by atoms with Crippen molar-refractivity contribution in [2.24, 2.45) is 0 Å². The molecule has 4 aromatic rings. The Labute approximate surface area is 204 Å². The number of aromatic nitrogens is 3. The number of nitrogens with one attached hydrogen (secondary N) is 1. The van der Waals surface area contributed by atoms with Gasteiger partial charge in [-0.3, -0.25) is 9.48 Å². The fourth-order valence-electron chi connectivity index (χ4n) is 3.61. The van der Waals surface area contributed by atoms with Gasteiger partial charge >= 0.3 is 6.18 Å². The number of rotatable bonds is 8. The number of amides is 1. The summed E-state index contributed by atoms with van der Waals surface area (Å²) in [6, 6.07) is 16.2. The number of nitrogens with zero attached hydrogens (tertiary/aromatic N) is 3. The van der Waals surface area contributed by atoms with Gasteiger partial charge in [0.2, 0.25) is 5.91 Å². The number of hydrogen-bond donors (Lipinski definition) is 2. The zero-order valence-electron chi connectivity index (χ0n) is 19.1. The zero-order chi connectivity index (χ0) is 25.7. The molecule has 0 aliphatic heterocycles. The summed E-state index contributed by atoms with van der Waals surface area (Å²) < 4.78 is 52.8. The first kappa shape index (κ1) is 24.9. The first-order valence-corrected chi connectivity index (χ1v) is 11.2. The van der Waals surface area contributed by atoms with Gasteiger partial charge in [-0.15, -0.1) is 5.10 Å². The highest BCUT2D eigenvalue weighted by atomic mass is 19.4. The van der Waals surface area contributed by atoms with Crippen LogP contribution in [0, 0.1) is 5.82 Å². The van der Waals surface area contributed by atoms with E-state index in [1.807, 2.05) is 0 Å². The van der Waals surface area contributed by atoms with Crippen LogP contribution in [0.5, 0.6) is 0 Å². The lowest BCUT2D eigenvalue weighted by atomic mass is 10.0. The van der Waals surface area contributed by atoms with E-state index < -0.39 is 11.7 Å². The molecule has 36 heavy (non-hydrogen) atoms. The molecule has 3 aromatic carbocycles. The van der Waals surface area contributed by atoms with Gasteiger partial charge in [0.25, 0.3) is 0 Å². The maximum atomic E-state index is 13.2. The van der Waals surface area contributed by atoms with Gasteiger partial charge in [0, 0.05) is 25.6 Å². The van der Waals surface area contributed by atoms with Crippen molar-refractivity contribution in [1.29, 1.82) is 0 Å². The van der Waals surface area contributed by atoms with Crippen LogP contribution in [-0.4, -0.2) is 20.9 Å². The Kier molecular flexibility index (Phi) is 7.33. The van der Waals surface area contributed by atoms with E-state index in [9.17, 15) is 22.4 Å². The fraction of sp³-hybridized carbons (Fsp3) is 0.192. The van der Waals surface area contributed by atoms with Crippen LogP contribution in [0.4, 0.5) is 28.9 Å². The molecular weight excluding hydrogens is 474 g/mol. The number of anilines is 2. The average Bonchev–Trinajstić information content (AvgIpc) is 3.31. The highest BCUT2D eigenvalue weighted by Crippen LogP contribution is 2.29. The van der Waals surface area contributed by atoms with Crippen molar-refractivity contribution in [2.45, 2.75) is 32.0 Å². The number of aryl methyl sites for hydroxylation is 3. The molecule has 186 valence electrons. The summed E-state index contributed by atoms with van der Waals surface area (Å²) in [6.07, 6.45) is -1.66. The highest BCUT2D eigenvalue weighted by Gasteiger charge is 2.29. The summed E-state index contributed by atoms with van der Waals surface area (Å²) in [4.78, 5) is 12.5. The second-order valence-corrected chi connectivity index (χ2v) is 8.27. The second-order valence-electron chi connectivity index (χ2n) is 8.27. The number of halogens is 4. The van der Waals surface area contributed by atoms with Gasteiger partial charge in [0.05, 0.1) is 22.6 Å². The summed E-state index contributed by atoms with van der Waals surface area (Å²) in [5, 5.41) is 10.9. The van der Waals surface area contributed by atoms with E-state index in [-0.39, 0.29) is 18.1 Å². The van der Waals surface area contributed by atoms with Crippen molar-refractivity contribution in [2.75, 3.05) is 11.1 Å². The van der Waals surface area contributed by atoms with E-state index in [1.165, 1.54) is 24.3 Å². The second kappa shape index (κ2) is 10.6. The standard InChI is InChI=1S/C26H23F4N5O/c27-21-8-3-18(4-9-21)19-5-11-23(31)24(15-19)32-25(36)12-10-22-16-35(34-33-22)14-13-17-1-6-20(7-2-17)26(28,29)30/h1-9,11,15-16H,10,12-14,31H2,(H,32,36). The Morgan fingerprint density at radius 1 is 0.944 bits per heavy atom. The van der Waals surface area contributed by atoms with Crippen molar-refractivity contribution in [3.8, 4) is 11.1 Å². The normalized spacial score (nSPS) is 11.4. The minimum atomic E-state index is -4.36. The molecule has 3 N–H and O–H groups in total. The summed E-state index contributed by atoms with van der Waals surface area (Å²) in [6.45, 7) is 0.442. The molecule has 0 saturated carbocycles. The van der Waals surface area contributed by atoms with Gasteiger partial charge in [-0.1, -0.05) is 35.5 Å². The topological polar surface area (TPSA) is 85.8 Å². The molecule has 0 aliphatic carbocycles. The smallest absolute Gasteiger partial charge is 0.397 e. The fourth-order valence-corrected chi connectivity index (χ4v) is 3.61. The van der Waals surface area contributed by atoms with E-state index in [0.717, 1.165) is 28.8 Å². The molecule has 0 spiro atoms. The summed E-state index contributed by atoms with van der Waals surface area (Å²) in [7, 11) is 0. The van der Waals surface area contributed by atoms with Gasteiger partial charge < -0.3 is 11.1 Å². The maximum Gasteiger partial charge on any atom is 0.416 e. The predicted molar refractivity (Wildman–Crippen MR) is 128 cm³/mol. The molecule has 0 saturated heterocycles. The summed E-state index contributed by atoms with van der Waals surface area (Å²) in [5.74, 6) is -0.587. The van der Waals surface area contributed by atoms with Crippen LogP contribution >= 0.6 is 0 Å². The van der Waals surface area contributed by atoms with E-state index >= 15 is 0 Å². The number of carbonyl (C=O) groups is 1. The molecule has 0 atom stereocenters. The molecule has 1 aromatic heterocycles. The molecule has 0 radical (unpaired) electrons. The molecule has 4 rings (SSSR count). The van der Waals surface area contributed by atoms with Gasteiger partial charge in [0.1, 0.15) is 5.82 Å². The van der Waals surface area contributed by atoms with E-state index in [0.29, 0.717) is 36.5 Å². The Morgan fingerprint density at radius 2 is 1.64 bits per heavy atom. The Balaban J connectivity index is 1.29. The Morgan fingerprint density at radius 3 is 2.33 bits per heavy atom. The predicted octanol–water partition coefficient (Wildman–Crippen LogP) is 5.50. The molecule has 0 fully saturated rings. The molecule has 1 amide bonds. The number of hydrogen-bond acceptors (Lipinski definition) is 4. The van der Waals surface area contributed by atoms with E-state index in [4.69, 9.17) is 5.73 Å². The SMILES string of the molecule is Nc1ccc(-c2ccc(F)cc2)cc1NC(=O)CCc1cn(CCc2ccc(C(F)(F)F)cc2)nn1. The van der Waals surface area contributed by atoms with Crippen LogP contribution in [0.15, 0.2) is 72.9 Å². The summed E-state index contributed by atoms with van der Waals surface area (Å²) in [5.41, 5.74) is 9.13. The number of benzene rings is 3. The third kappa shape index (κ3) is 6.47. The maximum absolute atomic E-state index is 13.2. The van der Waals surface area contributed by atoms with Crippen LogP contribution < -0.4 is 11.1 Å². The van der Waals surface area contributed by atoms with Gasteiger partial charge in [0.15, 0.2) is 0 Å². The lowest BCUT2D eigenvalue weighted by molar-refractivity contribution is -0.137. The number of nitrogen functional groups attached to an aromatic ring is 1. The average molecular weight is 497 g/mol. The Hall–Kier alpha value is -4.21. The number of alkyl halides is 3. The van der Waals surface area contributed by atoms with E-state index in [1.54, 1.807) is 41.2 Å². The van der Waals surface area contributed by atoms with Crippen molar-refractivity contribution in [3.05, 3.63) is 95.6 Å². The van der Waals surface area contributed by atoms with Crippen LogP contribution in [0.1, 0.15) is 23.2 Å². The van der Waals surface area contributed by atoms with Crippen molar-refractivity contribution in [3.63, 3.8) is 0 Å². The first-order chi connectivity index (χ1) is 17.2. The van der Waals surface area contributed by atoms with Crippen molar-refractivity contribution in [1.82, 2.24) is 15.0 Å². The van der Waals surface area contributed by atoms with Crippen molar-refractivity contribution >= 4 is 17.3 Å². The molecule has 0 aliphatic rings. The lowest BCUT2D eigenvalue weighted by Gasteiger charge is -2.10. The van der Waals surface area contributed by atoms with Crippen LogP contribution in [-0.2, 0) is 30.4 Å². The highest BCUT2D eigenvalue weighted by molar-refractivity contribution is 5.95. The lowest BCUT2D eigenvalue weighted by Crippen LogP contribution is -2.13. The van der Waals surface area contributed by atoms with Crippen LogP contribution in [0.25, 0.3) is 11.1 Å². The minimum Gasteiger partial charge on any atom is -0.397 e. The van der Waals surface area contributed by atoms with Gasteiger partial charge in [-0.05, 0) is 59.5 Å². The third-order valence-corrected chi connectivity index (χ3v) is 5.61.